The number of nitrogens with zero attached hydrogens (tertiary/aromatic N) is 3. The van der Waals surface area contributed by atoms with Crippen molar-refractivity contribution in [1.29, 1.82) is 5.26 Å². The molecule has 0 spiro atoms. The van der Waals surface area contributed by atoms with Crippen LogP contribution in [-0.4, -0.2) is 22.4 Å². The summed E-state index contributed by atoms with van der Waals surface area (Å²) in [6, 6.07) is 8.06. The summed E-state index contributed by atoms with van der Waals surface area (Å²) in [5, 5.41) is 13.4. The van der Waals surface area contributed by atoms with Crippen molar-refractivity contribution in [3.8, 4) is 11.8 Å². The summed E-state index contributed by atoms with van der Waals surface area (Å²) in [6.45, 7) is 1.33. The van der Waals surface area contributed by atoms with E-state index in [4.69, 9.17) is 10.00 Å². The molecule has 5 nitrogen and oxygen atoms in total. The Balaban J connectivity index is 2.07. The number of halogens is 3. The van der Waals surface area contributed by atoms with Crippen molar-refractivity contribution in [2.24, 2.45) is 0 Å². The van der Waals surface area contributed by atoms with Gasteiger partial charge in [0.2, 0.25) is 0 Å². The smallest absolute Gasteiger partial charge is 0.416 e. The van der Waals surface area contributed by atoms with Gasteiger partial charge in [-0.25, -0.2) is 9.48 Å². The number of rotatable bonds is 3. The number of alkyl halides is 3. The zero-order valence-electron chi connectivity index (χ0n) is 12.8. The summed E-state index contributed by atoms with van der Waals surface area (Å²) in [6.07, 6.45) is -4.46. The maximum atomic E-state index is 12.9. The molecule has 0 N–H and O–H groups in total. The van der Waals surface area contributed by atoms with Crippen molar-refractivity contribution in [3.63, 3.8) is 0 Å². The van der Waals surface area contributed by atoms with Gasteiger partial charge < -0.3 is 4.74 Å². The van der Waals surface area contributed by atoms with Crippen LogP contribution in [0.3, 0.4) is 0 Å². The minimum atomic E-state index is -4.46. The normalized spacial score (nSPS) is 11.5. The lowest BCUT2D eigenvalue weighted by molar-refractivity contribution is -0.137. The molecule has 0 radical (unpaired) electrons. The van der Waals surface area contributed by atoms with Crippen LogP contribution in [-0.2, 0) is 10.9 Å². The fourth-order valence-electron chi connectivity index (χ4n) is 2.31. The number of esters is 1. The first-order chi connectivity index (χ1) is 11.8. The summed E-state index contributed by atoms with van der Waals surface area (Å²) in [7, 11) is 0. The largest absolute Gasteiger partial charge is 0.446 e. The lowest BCUT2D eigenvalue weighted by Crippen LogP contribution is -2.06. The van der Waals surface area contributed by atoms with E-state index in [0.717, 1.165) is 23.5 Å². The molecule has 0 aliphatic heterocycles. The number of hydrogen-bond donors (Lipinski definition) is 0. The minimum Gasteiger partial charge on any atom is -0.446 e. The van der Waals surface area contributed by atoms with Gasteiger partial charge in [-0.05, 0) is 31.2 Å². The van der Waals surface area contributed by atoms with Gasteiger partial charge in [0.15, 0.2) is 6.61 Å². The molecule has 2 aromatic heterocycles. The van der Waals surface area contributed by atoms with Gasteiger partial charge in [0.25, 0.3) is 0 Å². The van der Waals surface area contributed by atoms with Crippen LogP contribution in [0.25, 0.3) is 15.9 Å². The molecule has 0 atom stereocenters. The fourth-order valence-corrected chi connectivity index (χ4v) is 3.38. The topological polar surface area (TPSA) is 67.9 Å². The number of carbonyl (C=O) groups is 1. The Morgan fingerprint density at radius 1 is 1.40 bits per heavy atom. The van der Waals surface area contributed by atoms with Gasteiger partial charge in [-0.1, -0.05) is 6.07 Å². The highest BCUT2D eigenvalue weighted by atomic mass is 32.1. The first-order valence-electron chi connectivity index (χ1n) is 7.02. The number of nitriles is 1. The van der Waals surface area contributed by atoms with E-state index in [9.17, 15) is 18.0 Å². The zero-order chi connectivity index (χ0) is 18.2. The standard InChI is InChI=1S/C16H10F3N3O2S/c1-9-12-8-13(15(23)24-6-5-20)25-14(12)22(21-9)11-4-2-3-10(7-11)16(17,18)19/h2-4,7-8H,6H2,1H3. The highest BCUT2D eigenvalue weighted by Crippen LogP contribution is 2.33. The third kappa shape index (κ3) is 3.21. The SMILES string of the molecule is Cc1nn(-c2cccc(C(F)(F)F)c2)c2sc(C(=O)OCC#N)cc12. The van der Waals surface area contributed by atoms with Crippen molar-refractivity contribution in [2.75, 3.05) is 6.61 Å². The van der Waals surface area contributed by atoms with Gasteiger partial charge in [-0.2, -0.15) is 23.5 Å². The Kier molecular flexibility index (Phi) is 4.22. The van der Waals surface area contributed by atoms with Crippen LogP contribution in [0.2, 0.25) is 0 Å². The number of carbonyl (C=O) groups excluding carboxylic acids is 1. The van der Waals surface area contributed by atoms with E-state index in [2.05, 4.69) is 5.10 Å². The average Bonchev–Trinajstić information content (AvgIpc) is 3.13. The number of ether oxygens (including phenoxy) is 1. The van der Waals surface area contributed by atoms with E-state index in [1.165, 1.54) is 16.8 Å². The number of aryl methyl sites for hydroxylation is 1. The van der Waals surface area contributed by atoms with E-state index >= 15 is 0 Å². The van der Waals surface area contributed by atoms with E-state index in [1.54, 1.807) is 19.1 Å². The van der Waals surface area contributed by atoms with Gasteiger partial charge >= 0.3 is 12.1 Å². The molecule has 0 aliphatic carbocycles. The van der Waals surface area contributed by atoms with Crippen LogP contribution < -0.4 is 0 Å². The van der Waals surface area contributed by atoms with Gasteiger partial charge in [-0.15, -0.1) is 11.3 Å². The molecule has 2 heterocycles. The Hall–Kier alpha value is -2.86. The molecule has 3 rings (SSSR count). The molecular weight excluding hydrogens is 355 g/mol. The van der Waals surface area contributed by atoms with Crippen molar-refractivity contribution in [2.45, 2.75) is 13.1 Å². The van der Waals surface area contributed by atoms with E-state index in [1.807, 2.05) is 0 Å². The number of aromatic nitrogens is 2. The first-order valence-corrected chi connectivity index (χ1v) is 7.84. The highest BCUT2D eigenvalue weighted by molar-refractivity contribution is 7.20. The Morgan fingerprint density at radius 3 is 2.84 bits per heavy atom. The second-order valence-corrected chi connectivity index (χ2v) is 6.14. The van der Waals surface area contributed by atoms with Crippen LogP contribution in [0.5, 0.6) is 0 Å². The van der Waals surface area contributed by atoms with Gasteiger partial charge in [-0.3, -0.25) is 0 Å². The summed E-state index contributed by atoms with van der Waals surface area (Å²) in [5.74, 6) is -0.655. The molecule has 1 aromatic carbocycles. The summed E-state index contributed by atoms with van der Waals surface area (Å²) < 4.78 is 44.9. The van der Waals surface area contributed by atoms with Gasteiger partial charge in [0.05, 0.1) is 16.9 Å². The van der Waals surface area contributed by atoms with Crippen molar-refractivity contribution < 1.29 is 22.7 Å². The monoisotopic (exact) mass is 365 g/mol. The van der Waals surface area contributed by atoms with E-state index < -0.39 is 17.7 Å². The third-order valence-corrected chi connectivity index (χ3v) is 4.52. The molecule has 0 saturated carbocycles. The summed E-state index contributed by atoms with van der Waals surface area (Å²) in [5.41, 5.74) is 0.0335. The molecule has 3 aromatic rings. The van der Waals surface area contributed by atoms with Crippen molar-refractivity contribution in [1.82, 2.24) is 9.78 Å². The van der Waals surface area contributed by atoms with Gasteiger partial charge in [0, 0.05) is 5.39 Å². The maximum absolute atomic E-state index is 12.9. The molecular formula is C16H10F3N3O2S. The van der Waals surface area contributed by atoms with Crippen molar-refractivity contribution >= 4 is 27.5 Å². The number of benzene rings is 1. The fraction of sp³-hybridized carbons (Fsp3) is 0.188. The molecule has 0 amide bonds. The molecule has 128 valence electrons. The number of thiophene rings is 1. The predicted molar refractivity (Wildman–Crippen MR) is 84.6 cm³/mol. The second kappa shape index (κ2) is 6.22. The number of hydrogen-bond acceptors (Lipinski definition) is 5. The molecule has 0 fully saturated rings. The third-order valence-electron chi connectivity index (χ3n) is 3.43. The zero-order valence-corrected chi connectivity index (χ0v) is 13.6. The van der Waals surface area contributed by atoms with Crippen LogP contribution in [0.4, 0.5) is 13.2 Å². The summed E-state index contributed by atoms with van der Waals surface area (Å²) >= 11 is 1.05. The second-order valence-electron chi connectivity index (χ2n) is 5.11. The molecule has 9 heteroatoms. The van der Waals surface area contributed by atoms with Gasteiger partial charge in [0.1, 0.15) is 15.8 Å². The van der Waals surface area contributed by atoms with Crippen LogP contribution >= 0.6 is 11.3 Å². The van der Waals surface area contributed by atoms with Crippen LogP contribution in [0, 0.1) is 18.3 Å². The van der Waals surface area contributed by atoms with Crippen LogP contribution in [0.15, 0.2) is 30.3 Å². The Bertz CT molecular complexity index is 998. The molecule has 0 aliphatic rings. The van der Waals surface area contributed by atoms with E-state index in [-0.39, 0.29) is 17.2 Å². The molecule has 0 saturated heterocycles. The Morgan fingerprint density at radius 2 is 2.16 bits per heavy atom. The average molecular weight is 365 g/mol. The lowest BCUT2D eigenvalue weighted by Gasteiger charge is -2.09. The van der Waals surface area contributed by atoms with E-state index in [0.29, 0.717) is 15.9 Å². The van der Waals surface area contributed by atoms with Crippen molar-refractivity contribution in [3.05, 3.63) is 46.5 Å². The molecule has 25 heavy (non-hydrogen) atoms. The van der Waals surface area contributed by atoms with Crippen LogP contribution in [0.1, 0.15) is 20.9 Å². The molecule has 0 unspecified atom stereocenters. The quantitative estimate of drug-likeness (QED) is 0.656. The minimum absolute atomic E-state index is 0.242. The Labute approximate surface area is 143 Å². The highest BCUT2D eigenvalue weighted by Gasteiger charge is 2.30. The lowest BCUT2D eigenvalue weighted by atomic mass is 10.2. The summed E-state index contributed by atoms with van der Waals surface area (Å²) in [4.78, 5) is 12.7. The predicted octanol–water partition coefficient (Wildman–Crippen LogP) is 4.09. The maximum Gasteiger partial charge on any atom is 0.416 e. The number of fused-ring (bicyclic) bond motifs is 1. The molecule has 0 bridgehead atoms. The first kappa shape index (κ1) is 17.0.